The van der Waals surface area contributed by atoms with Crippen molar-refractivity contribution >= 4 is 17.7 Å². The van der Waals surface area contributed by atoms with Crippen LogP contribution >= 0.6 is 11.8 Å². The van der Waals surface area contributed by atoms with Crippen molar-refractivity contribution in [3.63, 3.8) is 0 Å². The fourth-order valence-electron chi connectivity index (χ4n) is 2.88. The summed E-state index contributed by atoms with van der Waals surface area (Å²) in [6, 6.07) is 1.97. The van der Waals surface area contributed by atoms with Gasteiger partial charge in [-0.3, -0.25) is 4.79 Å². The van der Waals surface area contributed by atoms with Crippen LogP contribution in [0.2, 0.25) is 0 Å². The highest BCUT2D eigenvalue weighted by molar-refractivity contribution is 7.99. The van der Waals surface area contributed by atoms with Gasteiger partial charge in [-0.2, -0.15) is 5.26 Å². The highest BCUT2D eigenvalue weighted by Gasteiger charge is 2.34. The van der Waals surface area contributed by atoms with Gasteiger partial charge in [0.15, 0.2) is 5.16 Å². The van der Waals surface area contributed by atoms with Crippen LogP contribution in [0.3, 0.4) is 0 Å². The second-order valence-electron chi connectivity index (χ2n) is 5.15. The molecule has 2 N–H and O–H groups in total. The highest BCUT2D eigenvalue weighted by Crippen LogP contribution is 2.38. The minimum absolute atomic E-state index is 0.0227. The summed E-state index contributed by atoms with van der Waals surface area (Å²) in [6.45, 7) is 2.26. The van der Waals surface area contributed by atoms with Crippen LogP contribution in [0.25, 0.3) is 0 Å². The molecule has 0 saturated heterocycles. The minimum atomic E-state index is 0.0227. The molecular formula is C14H20N4OS. The van der Waals surface area contributed by atoms with Crippen molar-refractivity contribution in [3.05, 3.63) is 12.4 Å². The Hall–Kier alpha value is -1.48. The molecule has 108 valence electrons. The number of aromatic nitrogens is 2. The van der Waals surface area contributed by atoms with E-state index in [0.717, 1.165) is 24.4 Å². The molecule has 1 aromatic rings. The summed E-state index contributed by atoms with van der Waals surface area (Å²) >= 11 is 1.69. The Bertz CT molecular complexity index is 468. The average molecular weight is 292 g/mol. The standard InChI is InChI=1S/C14H20N4OS/c1-10(20-14-17-8-9-18-14)11-4-2-3-5-12(11)13(19)16-7-6-15/h8-12H,2-5,7H2,1H3,(H,16,19)(H,17,18)/t10?,11-,12+/m0/s1. The summed E-state index contributed by atoms with van der Waals surface area (Å²) in [6.07, 6.45) is 7.82. The molecule has 5 nitrogen and oxygen atoms in total. The van der Waals surface area contributed by atoms with Crippen molar-refractivity contribution in [2.24, 2.45) is 11.8 Å². The van der Waals surface area contributed by atoms with Gasteiger partial charge in [0.2, 0.25) is 5.91 Å². The lowest BCUT2D eigenvalue weighted by Gasteiger charge is -2.34. The first kappa shape index (κ1) is 14.9. The second kappa shape index (κ2) is 7.34. The van der Waals surface area contributed by atoms with Gasteiger partial charge >= 0.3 is 0 Å². The van der Waals surface area contributed by atoms with Crippen molar-refractivity contribution in [1.82, 2.24) is 15.3 Å². The number of amides is 1. The largest absolute Gasteiger partial charge is 0.343 e. The van der Waals surface area contributed by atoms with Crippen LogP contribution in [0.15, 0.2) is 17.6 Å². The van der Waals surface area contributed by atoms with Crippen LogP contribution < -0.4 is 5.32 Å². The van der Waals surface area contributed by atoms with Crippen LogP contribution in [0.4, 0.5) is 0 Å². The number of H-pyrrole nitrogens is 1. The van der Waals surface area contributed by atoms with E-state index in [9.17, 15) is 4.79 Å². The van der Waals surface area contributed by atoms with Gasteiger partial charge in [0.05, 0.1) is 6.07 Å². The van der Waals surface area contributed by atoms with E-state index in [1.54, 1.807) is 18.0 Å². The molecule has 1 saturated carbocycles. The first-order valence-corrected chi connectivity index (χ1v) is 7.91. The van der Waals surface area contributed by atoms with Gasteiger partial charge in [0, 0.05) is 23.6 Å². The quantitative estimate of drug-likeness (QED) is 0.644. The molecular weight excluding hydrogens is 272 g/mol. The summed E-state index contributed by atoms with van der Waals surface area (Å²) in [7, 11) is 0. The van der Waals surface area contributed by atoms with Crippen molar-refractivity contribution < 1.29 is 4.79 Å². The summed E-state index contributed by atoms with van der Waals surface area (Å²) in [4.78, 5) is 19.5. The number of carbonyl (C=O) groups excluding carboxylic acids is 1. The lowest BCUT2D eigenvalue weighted by molar-refractivity contribution is -0.127. The highest BCUT2D eigenvalue weighted by atomic mass is 32.2. The molecule has 0 radical (unpaired) electrons. The Morgan fingerprint density at radius 2 is 2.45 bits per heavy atom. The maximum absolute atomic E-state index is 12.2. The number of aromatic amines is 1. The van der Waals surface area contributed by atoms with Gasteiger partial charge in [-0.1, -0.05) is 31.5 Å². The van der Waals surface area contributed by atoms with Crippen LogP contribution in [-0.4, -0.2) is 27.7 Å². The van der Waals surface area contributed by atoms with Crippen molar-refractivity contribution in [3.8, 4) is 6.07 Å². The van der Waals surface area contributed by atoms with Crippen molar-refractivity contribution in [1.29, 1.82) is 5.26 Å². The molecule has 1 aliphatic rings. The number of thioether (sulfide) groups is 1. The fraction of sp³-hybridized carbons (Fsp3) is 0.643. The molecule has 3 atom stereocenters. The van der Waals surface area contributed by atoms with Gasteiger partial charge in [-0.15, -0.1) is 0 Å². The molecule has 0 spiro atoms. The number of nitrogens with zero attached hydrogens (tertiary/aromatic N) is 2. The number of hydrogen-bond donors (Lipinski definition) is 2. The fourth-order valence-corrected chi connectivity index (χ4v) is 3.99. The SMILES string of the molecule is CC(Sc1ncc[nH]1)[C@@H]1CCCC[C@H]1C(=O)NCC#N. The van der Waals surface area contributed by atoms with Gasteiger partial charge in [0.1, 0.15) is 6.54 Å². The third kappa shape index (κ3) is 3.76. The maximum atomic E-state index is 12.2. The monoisotopic (exact) mass is 292 g/mol. The first-order valence-electron chi connectivity index (χ1n) is 7.03. The first-order chi connectivity index (χ1) is 9.72. The number of carbonyl (C=O) groups is 1. The van der Waals surface area contributed by atoms with Gasteiger partial charge in [0.25, 0.3) is 0 Å². The lowest BCUT2D eigenvalue weighted by atomic mass is 9.77. The van der Waals surface area contributed by atoms with Gasteiger partial charge in [-0.25, -0.2) is 4.98 Å². The summed E-state index contributed by atoms with van der Waals surface area (Å²) in [5, 5.41) is 12.5. The molecule has 0 aromatic carbocycles. The second-order valence-corrected chi connectivity index (χ2v) is 6.51. The average Bonchev–Trinajstić information content (AvgIpc) is 2.97. The molecule has 1 aromatic heterocycles. The van der Waals surface area contributed by atoms with Crippen molar-refractivity contribution in [2.45, 2.75) is 43.0 Å². The Morgan fingerprint density at radius 3 is 3.15 bits per heavy atom. The zero-order valence-corrected chi connectivity index (χ0v) is 12.4. The van der Waals surface area contributed by atoms with Crippen LogP contribution in [0, 0.1) is 23.2 Å². The predicted octanol–water partition coefficient (Wildman–Crippen LogP) is 2.34. The van der Waals surface area contributed by atoms with Crippen molar-refractivity contribution in [2.75, 3.05) is 6.54 Å². The van der Waals surface area contributed by atoms with E-state index in [2.05, 4.69) is 22.2 Å². The molecule has 2 rings (SSSR count). The number of imidazole rings is 1. The topological polar surface area (TPSA) is 81.6 Å². The lowest BCUT2D eigenvalue weighted by Crippen LogP contribution is -2.40. The Morgan fingerprint density at radius 1 is 1.65 bits per heavy atom. The van der Waals surface area contributed by atoms with E-state index in [1.165, 1.54) is 6.42 Å². The number of rotatable bonds is 5. The molecule has 1 heterocycles. The molecule has 0 aliphatic heterocycles. The Kier molecular flexibility index (Phi) is 5.48. The Balaban J connectivity index is 1.98. The van der Waals surface area contributed by atoms with Crippen LogP contribution in [0.1, 0.15) is 32.6 Å². The normalized spacial score (nSPS) is 23.8. The third-order valence-corrected chi connectivity index (χ3v) is 5.04. The number of nitriles is 1. The smallest absolute Gasteiger partial charge is 0.224 e. The zero-order chi connectivity index (χ0) is 14.4. The van der Waals surface area contributed by atoms with E-state index in [1.807, 2.05) is 12.3 Å². The summed E-state index contributed by atoms with van der Waals surface area (Å²) in [5.41, 5.74) is 0. The van der Waals surface area contributed by atoms with E-state index in [4.69, 9.17) is 5.26 Å². The maximum Gasteiger partial charge on any atom is 0.224 e. The molecule has 6 heteroatoms. The zero-order valence-electron chi connectivity index (χ0n) is 11.6. The van der Waals surface area contributed by atoms with E-state index in [0.29, 0.717) is 11.2 Å². The van der Waals surface area contributed by atoms with E-state index in [-0.39, 0.29) is 18.4 Å². The Labute approximate surface area is 123 Å². The molecule has 0 bridgehead atoms. The molecule has 1 fully saturated rings. The summed E-state index contributed by atoms with van der Waals surface area (Å²) in [5.74, 6) is 0.398. The predicted molar refractivity (Wildman–Crippen MR) is 78.0 cm³/mol. The molecule has 1 unspecified atom stereocenters. The molecule has 1 amide bonds. The van der Waals surface area contributed by atoms with E-state index >= 15 is 0 Å². The van der Waals surface area contributed by atoms with Gasteiger partial charge < -0.3 is 10.3 Å². The number of nitrogens with one attached hydrogen (secondary N) is 2. The third-order valence-electron chi connectivity index (χ3n) is 3.87. The number of hydrogen-bond acceptors (Lipinski definition) is 4. The van der Waals surface area contributed by atoms with E-state index < -0.39 is 0 Å². The van der Waals surface area contributed by atoms with Crippen LogP contribution in [0.5, 0.6) is 0 Å². The molecule has 20 heavy (non-hydrogen) atoms. The summed E-state index contributed by atoms with van der Waals surface area (Å²) < 4.78 is 0. The molecule has 1 aliphatic carbocycles. The van der Waals surface area contributed by atoms with Crippen LogP contribution in [-0.2, 0) is 4.79 Å². The van der Waals surface area contributed by atoms with Gasteiger partial charge in [-0.05, 0) is 18.8 Å². The minimum Gasteiger partial charge on any atom is -0.343 e.